The van der Waals surface area contributed by atoms with Gasteiger partial charge in [0.1, 0.15) is 0 Å². The van der Waals surface area contributed by atoms with Gasteiger partial charge in [-0.1, -0.05) is 19.8 Å². The lowest BCUT2D eigenvalue weighted by Crippen LogP contribution is -2.13. The van der Waals surface area contributed by atoms with Gasteiger partial charge >= 0.3 is 0 Å². The number of aromatic nitrogens is 1. The summed E-state index contributed by atoms with van der Waals surface area (Å²) in [7, 11) is 0. The zero-order valence-electron chi connectivity index (χ0n) is 11.9. The highest BCUT2D eigenvalue weighted by molar-refractivity contribution is 7.11. The molecule has 0 radical (unpaired) electrons. The summed E-state index contributed by atoms with van der Waals surface area (Å²) in [5, 5.41) is 11.3. The Labute approximate surface area is 120 Å². The number of aliphatic hydroxyl groups is 1. The number of hydrogen-bond acceptors (Lipinski definition) is 3. The average Bonchev–Trinajstić information content (AvgIpc) is 2.85. The molecule has 3 rings (SSSR count). The van der Waals surface area contributed by atoms with Crippen LogP contribution in [0.15, 0.2) is 0 Å². The quantitative estimate of drug-likeness (QED) is 0.878. The number of aliphatic hydroxyl groups excluding tert-OH is 1. The molecule has 0 aromatic carbocycles. The topological polar surface area (TPSA) is 33.1 Å². The maximum atomic E-state index is 10.0. The zero-order chi connectivity index (χ0) is 13.2. The van der Waals surface area contributed by atoms with E-state index in [-0.39, 0.29) is 6.10 Å². The van der Waals surface area contributed by atoms with Gasteiger partial charge in [-0.05, 0) is 50.9 Å². The highest BCUT2D eigenvalue weighted by atomic mass is 32.1. The van der Waals surface area contributed by atoms with Crippen molar-refractivity contribution in [1.82, 2.24) is 4.98 Å². The van der Waals surface area contributed by atoms with E-state index in [0.717, 1.165) is 30.9 Å². The highest BCUT2D eigenvalue weighted by Gasteiger charge is 2.28. The van der Waals surface area contributed by atoms with Crippen LogP contribution in [0, 0.1) is 5.92 Å². The molecule has 0 aliphatic heterocycles. The maximum absolute atomic E-state index is 10.0. The van der Waals surface area contributed by atoms with Crippen molar-refractivity contribution >= 4 is 11.3 Å². The Hall–Kier alpha value is -0.410. The summed E-state index contributed by atoms with van der Waals surface area (Å²) in [5.41, 5.74) is 1.02. The third-order valence-corrected chi connectivity index (χ3v) is 6.13. The van der Waals surface area contributed by atoms with Crippen LogP contribution >= 0.6 is 11.3 Å². The fourth-order valence-electron chi connectivity index (χ4n) is 3.70. The molecule has 1 saturated carbocycles. The maximum Gasteiger partial charge on any atom is 0.0971 e. The van der Waals surface area contributed by atoms with Gasteiger partial charge in [0.2, 0.25) is 0 Å². The van der Waals surface area contributed by atoms with Crippen molar-refractivity contribution in [1.29, 1.82) is 0 Å². The summed E-state index contributed by atoms with van der Waals surface area (Å²) in [4.78, 5) is 6.16. The molecule has 1 unspecified atom stereocenters. The molecule has 2 aliphatic rings. The molecule has 3 heteroatoms. The highest BCUT2D eigenvalue weighted by Crippen LogP contribution is 2.42. The number of hydrogen-bond donors (Lipinski definition) is 1. The molecule has 106 valence electrons. The summed E-state index contributed by atoms with van der Waals surface area (Å²) in [6.45, 7) is 2.29. The standard InChI is InChI=1S/C16H25NOS/c1-2-4-11-7-9-12(10-8-11)16-17-15-13(18)5-3-6-14(15)19-16/h11-13,18H,2-10H2,1H3. The molecule has 2 nitrogen and oxygen atoms in total. The first-order valence-corrected chi connectivity index (χ1v) is 8.77. The first-order valence-electron chi connectivity index (χ1n) is 7.95. The fourth-order valence-corrected chi connectivity index (χ4v) is 5.03. The summed E-state index contributed by atoms with van der Waals surface area (Å²) < 4.78 is 0. The van der Waals surface area contributed by atoms with E-state index in [1.807, 2.05) is 11.3 Å². The van der Waals surface area contributed by atoms with Crippen molar-refractivity contribution < 1.29 is 5.11 Å². The van der Waals surface area contributed by atoms with Gasteiger partial charge in [0.05, 0.1) is 16.8 Å². The molecule has 0 amide bonds. The third-order valence-electron chi connectivity index (χ3n) is 4.83. The van der Waals surface area contributed by atoms with Crippen molar-refractivity contribution in [3.8, 4) is 0 Å². The van der Waals surface area contributed by atoms with Crippen LogP contribution in [0.4, 0.5) is 0 Å². The minimum Gasteiger partial charge on any atom is -0.387 e. The average molecular weight is 279 g/mol. The summed E-state index contributed by atoms with van der Waals surface area (Å²) in [6, 6.07) is 0. The molecule has 0 bridgehead atoms. The van der Waals surface area contributed by atoms with E-state index in [1.165, 1.54) is 48.4 Å². The van der Waals surface area contributed by atoms with Crippen LogP contribution in [-0.4, -0.2) is 10.1 Å². The normalized spacial score (nSPS) is 31.2. The monoisotopic (exact) mass is 279 g/mol. The molecule has 1 fully saturated rings. The van der Waals surface area contributed by atoms with Gasteiger partial charge in [-0.3, -0.25) is 0 Å². The van der Waals surface area contributed by atoms with Gasteiger partial charge < -0.3 is 5.11 Å². The molecule has 1 aromatic rings. The van der Waals surface area contributed by atoms with Gasteiger partial charge in [0, 0.05) is 10.8 Å². The molecule has 1 aromatic heterocycles. The minimum atomic E-state index is -0.287. The Kier molecular flexibility index (Phi) is 4.23. The second kappa shape index (κ2) is 5.92. The van der Waals surface area contributed by atoms with E-state index < -0.39 is 0 Å². The molecule has 19 heavy (non-hydrogen) atoms. The minimum absolute atomic E-state index is 0.287. The van der Waals surface area contributed by atoms with Crippen molar-refractivity contribution in [2.45, 2.75) is 76.7 Å². The van der Waals surface area contributed by atoms with Crippen LogP contribution in [0.1, 0.15) is 85.9 Å². The van der Waals surface area contributed by atoms with Crippen LogP contribution in [0.2, 0.25) is 0 Å². The Morgan fingerprint density at radius 1 is 1.21 bits per heavy atom. The molecule has 2 aliphatic carbocycles. The van der Waals surface area contributed by atoms with Gasteiger partial charge in [0.15, 0.2) is 0 Å². The fraction of sp³-hybridized carbons (Fsp3) is 0.812. The van der Waals surface area contributed by atoms with E-state index in [2.05, 4.69) is 6.92 Å². The van der Waals surface area contributed by atoms with E-state index in [9.17, 15) is 5.11 Å². The van der Waals surface area contributed by atoms with Gasteiger partial charge in [0.25, 0.3) is 0 Å². The lowest BCUT2D eigenvalue weighted by atomic mass is 9.80. The lowest BCUT2D eigenvalue weighted by molar-refractivity contribution is 0.152. The molecular formula is C16H25NOS. The SMILES string of the molecule is CCCC1CCC(c2nc3c(s2)CCCC3O)CC1. The lowest BCUT2D eigenvalue weighted by Gasteiger charge is -2.27. The number of rotatable bonds is 3. The van der Waals surface area contributed by atoms with E-state index in [1.54, 1.807) is 0 Å². The predicted molar refractivity (Wildman–Crippen MR) is 79.6 cm³/mol. The van der Waals surface area contributed by atoms with Crippen molar-refractivity contribution in [2.24, 2.45) is 5.92 Å². The Morgan fingerprint density at radius 2 is 2.00 bits per heavy atom. The summed E-state index contributed by atoms with van der Waals surface area (Å²) in [5.74, 6) is 1.64. The smallest absolute Gasteiger partial charge is 0.0971 e. The molecule has 1 atom stereocenters. The molecule has 0 spiro atoms. The van der Waals surface area contributed by atoms with E-state index >= 15 is 0 Å². The Bertz CT molecular complexity index is 420. The number of fused-ring (bicyclic) bond motifs is 1. The second-order valence-corrected chi connectivity index (χ2v) is 7.39. The first kappa shape index (κ1) is 13.6. The predicted octanol–water partition coefficient (Wildman–Crippen LogP) is 4.59. The van der Waals surface area contributed by atoms with E-state index in [0.29, 0.717) is 5.92 Å². The summed E-state index contributed by atoms with van der Waals surface area (Å²) in [6.07, 6.45) is 11.0. The van der Waals surface area contributed by atoms with Crippen molar-refractivity contribution in [3.63, 3.8) is 0 Å². The molecule has 1 heterocycles. The Balaban J connectivity index is 1.67. The van der Waals surface area contributed by atoms with E-state index in [4.69, 9.17) is 4.98 Å². The Morgan fingerprint density at radius 3 is 2.68 bits per heavy atom. The van der Waals surface area contributed by atoms with Crippen LogP contribution in [0.3, 0.4) is 0 Å². The van der Waals surface area contributed by atoms with Gasteiger partial charge in [-0.15, -0.1) is 11.3 Å². The molecule has 0 saturated heterocycles. The number of aryl methyl sites for hydroxylation is 1. The third kappa shape index (κ3) is 2.87. The van der Waals surface area contributed by atoms with Crippen LogP contribution in [-0.2, 0) is 6.42 Å². The second-order valence-electron chi connectivity index (χ2n) is 6.27. The number of nitrogens with zero attached hydrogens (tertiary/aromatic N) is 1. The largest absolute Gasteiger partial charge is 0.387 e. The van der Waals surface area contributed by atoms with Gasteiger partial charge in [-0.2, -0.15) is 0 Å². The van der Waals surface area contributed by atoms with Crippen molar-refractivity contribution in [2.75, 3.05) is 0 Å². The van der Waals surface area contributed by atoms with Crippen LogP contribution < -0.4 is 0 Å². The zero-order valence-corrected chi connectivity index (χ0v) is 12.7. The molecule has 1 N–H and O–H groups in total. The first-order chi connectivity index (χ1) is 9.28. The summed E-state index contributed by atoms with van der Waals surface area (Å²) >= 11 is 1.89. The molecular weight excluding hydrogens is 254 g/mol. The van der Waals surface area contributed by atoms with Crippen LogP contribution in [0.5, 0.6) is 0 Å². The van der Waals surface area contributed by atoms with Crippen molar-refractivity contribution in [3.05, 3.63) is 15.6 Å². The van der Waals surface area contributed by atoms with Crippen LogP contribution in [0.25, 0.3) is 0 Å². The van der Waals surface area contributed by atoms with Gasteiger partial charge in [-0.25, -0.2) is 4.98 Å². The number of thiazole rings is 1.